The molecule has 17 heavy (non-hydrogen) atoms. The summed E-state index contributed by atoms with van der Waals surface area (Å²) in [6, 6.07) is 6.62. The van der Waals surface area contributed by atoms with Gasteiger partial charge >= 0.3 is 0 Å². The maximum absolute atomic E-state index is 4.18. The van der Waals surface area contributed by atoms with Gasteiger partial charge in [0.25, 0.3) is 0 Å². The van der Waals surface area contributed by atoms with Crippen molar-refractivity contribution in [3.8, 4) is 0 Å². The van der Waals surface area contributed by atoms with Crippen LogP contribution in [-0.4, -0.2) is 10.2 Å². The van der Waals surface area contributed by atoms with Crippen LogP contribution in [0.3, 0.4) is 0 Å². The molecule has 0 aliphatic heterocycles. The highest BCUT2D eigenvalue weighted by atomic mass is 15.1. The Labute approximate surface area is 102 Å². The van der Waals surface area contributed by atoms with Crippen LogP contribution < -0.4 is 5.32 Å². The Kier molecular flexibility index (Phi) is 3.18. The molecule has 2 rings (SSSR count). The zero-order valence-corrected chi connectivity index (χ0v) is 10.9. The van der Waals surface area contributed by atoms with Crippen LogP contribution in [0.1, 0.15) is 28.1 Å². The number of hydrogen-bond donors (Lipinski definition) is 2. The molecule has 3 heteroatoms. The van der Waals surface area contributed by atoms with E-state index in [4.69, 9.17) is 0 Å². The van der Waals surface area contributed by atoms with E-state index in [-0.39, 0.29) is 0 Å². The van der Waals surface area contributed by atoms with Gasteiger partial charge in [-0.25, -0.2) is 0 Å². The third kappa shape index (κ3) is 2.67. The van der Waals surface area contributed by atoms with E-state index < -0.39 is 0 Å². The number of aromatic nitrogens is 2. The lowest BCUT2D eigenvalue weighted by Crippen LogP contribution is -2.01. The highest BCUT2D eigenvalue weighted by molar-refractivity contribution is 5.51. The highest BCUT2D eigenvalue weighted by Gasteiger charge is 2.05. The van der Waals surface area contributed by atoms with E-state index in [2.05, 4.69) is 47.6 Å². The molecule has 0 atom stereocenters. The summed E-state index contributed by atoms with van der Waals surface area (Å²) in [7, 11) is 0. The number of anilines is 1. The fourth-order valence-corrected chi connectivity index (χ4v) is 2.17. The second-order valence-corrected chi connectivity index (χ2v) is 4.66. The van der Waals surface area contributed by atoms with E-state index in [0.717, 1.165) is 23.6 Å². The quantitative estimate of drug-likeness (QED) is 0.848. The summed E-state index contributed by atoms with van der Waals surface area (Å²) in [4.78, 5) is 0. The first-order chi connectivity index (χ1) is 8.06. The number of rotatable bonds is 3. The topological polar surface area (TPSA) is 40.7 Å². The molecule has 1 aromatic carbocycles. The van der Waals surface area contributed by atoms with Gasteiger partial charge < -0.3 is 5.32 Å². The first-order valence-electron chi connectivity index (χ1n) is 5.89. The monoisotopic (exact) mass is 229 g/mol. The Bertz CT molecular complexity index is 487. The van der Waals surface area contributed by atoms with Crippen LogP contribution in [0.25, 0.3) is 0 Å². The lowest BCUT2D eigenvalue weighted by Gasteiger charge is -2.08. The molecule has 1 heterocycles. The molecule has 3 nitrogen and oxygen atoms in total. The van der Waals surface area contributed by atoms with E-state index in [0.29, 0.717) is 0 Å². The molecule has 0 amide bonds. The van der Waals surface area contributed by atoms with Gasteiger partial charge in [-0.1, -0.05) is 29.3 Å². The molecule has 0 aliphatic rings. The Hall–Kier alpha value is -1.77. The van der Waals surface area contributed by atoms with Crippen molar-refractivity contribution in [2.75, 3.05) is 5.32 Å². The molecule has 2 N–H and O–H groups in total. The zero-order chi connectivity index (χ0) is 12.4. The normalized spacial score (nSPS) is 10.6. The third-order valence-corrected chi connectivity index (χ3v) is 2.88. The predicted molar refractivity (Wildman–Crippen MR) is 71.3 cm³/mol. The van der Waals surface area contributed by atoms with Crippen LogP contribution in [0.4, 0.5) is 5.69 Å². The second-order valence-electron chi connectivity index (χ2n) is 4.66. The number of benzene rings is 1. The van der Waals surface area contributed by atoms with Gasteiger partial charge in [0, 0.05) is 6.54 Å². The minimum absolute atomic E-state index is 0.837. The molecule has 0 saturated carbocycles. The molecule has 0 radical (unpaired) electrons. The first-order valence-corrected chi connectivity index (χ1v) is 5.89. The van der Waals surface area contributed by atoms with Crippen LogP contribution >= 0.6 is 0 Å². The summed E-state index contributed by atoms with van der Waals surface area (Å²) in [6.45, 7) is 9.14. The molecule has 0 aliphatic carbocycles. The number of aromatic amines is 1. The molecule has 0 bridgehead atoms. The van der Waals surface area contributed by atoms with Gasteiger partial charge in [0.15, 0.2) is 0 Å². The maximum atomic E-state index is 4.18. The number of nitrogens with zero attached hydrogens (tertiary/aromatic N) is 1. The van der Waals surface area contributed by atoms with Crippen LogP contribution in [0.15, 0.2) is 18.2 Å². The van der Waals surface area contributed by atoms with E-state index in [1.807, 2.05) is 13.8 Å². The molecule has 90 valence electrons. The van der Waals surface area contributed by atoms with Crippen molar-refractivity contribution in [3.05, 3.63) is 46.3 Å². The van der Waals surface area contributed by atoms with Crippen LogP contribution in [-0.2, 0) is 6.54 Å². The fourth-order valence-electron chi connectivity index (χ4n) is 2.17. The van der Waals surface area contributed by atoms with Crippen molar-refractivity contribution < 1.29 is 0 Å². The van der Waals surface area contributed by atoms with E-state index in [9.17, 15) is 0 Å². The van der Waals surface area contributed by atoms with Crippen molar-refractivity contribution in [3.63, 3.8) is 0 Å². The minimum Gasteiger partial charge on any atom is -0.378 e. The SMILES string of the molecule is Cc1cc(C)cc(CNc2c(C)n[nH]c2C)c1. The van der Waals surface area contributed by atoms with Gasteiger partial charge in [-0.15, -0.1) is 0 Å². The van der Waals surface area contributed by atoms with E-state index in [1.54, 1.807) is 0 Å². The zero-order valence-electron chi connectivity index (χ0n) is 10.9. The molecule has 0 fully saturated rings. The Balaban J connectivity index is 2.12. The second kappa shape index (κ2) is 4.62. The number of H-pyrrole nitrogens is 1. The summed E-state index contributed by atoms with van der Waals surface area (Å²) in [6.07, 6.45) is 0. The standard InChI is InChI=1S/C14H19N3/c1-9-5-10(2)7-13(6-9)8-15-14-11(3)16-17-12(14)4/h5-7,15H,8H2,1-4H3,(H,16,17). The van der Waals surface area contributed by atoms with Crippen molar-refractivity contribution in [2.24, 2.45) is 0 Å². The first kappa shape index (κ1) is 11.7. The lowest BCUT2D eigenvalue weighted by molar-refractivity contribution is 1.02. The summed E-state index contributed by atoms with van der Waals surface area (Å²) in [5.41, 5.74) is 7.15. The van der Waals surface area contributed by atoms with Gasteiger partial charge in [-0.2, -0.15) is 5.10 Å². The Morgan fingerprint density at radius 3 is 2.24 bits per heavy atom. The van der Waals surface area contributed by atoms with Crippen molar-refractivity contribution in [2.45, 2.75) is 34.2 Å². The summed E-state index contributed by atoms with van der Waals surface area (Å²) < 4.78 is 0. The third-order valence-electron chi connectivity index (χ3n) is 2.88. The highest BCUT2D eigenvalue weighted by Crippen LogP contribution is 2.18. The number of aryl methyl sites for hydroxylation is 4. The predicted octanol–water partition coefficient (Wildman–Crippen LogP) is 3.26. The summed E-state index contributed by atoms with van der Waals surface area (Å²) in [5, 5.41) is 10.6. The lowest BCUT2D eigenvalue weighted by atomic mass is 10.1. The Morgan fingerprint density at radius 1 is 1.06 bits per heavy atom. The minimum atomic E-state index is 0.837. The van der Waals surface area contributed by atoms with Crippen LogP contribution in [0.2, 0.25) is 0 Å². The van der Waals surface area contributed by atoms with Crippen molar-refractivity contribution in [1.82, 2.24) is 10.2 Å². The average molecular weight is 229 g/mol. The molecule has 0 spiro atoms. The number of hydrogen-bond acceptors (Lipinski definition) is 2. The van der Waals surface area contributed by atoms with Gasteiger partial charge in [0.2, 0.25) is 0 Å². The average Bonchev–Trinajstić information content (AvgIpc) is 2.55. The van der Waals surface area contributed by atoms with E-state index >= 15 is 0 Å². The van der Waals surface area contributed by atoms with Gasteiger partial charge in [0.05, 0.1) is 17.1 Å². The molecular weight excluding hydrogens is 210 g/mol. The van der Waals surface area contributed by atoms with E-state index in [1.165, 1.54) is 16.7 Å². The fraction of sp³-hybridized carbons (Fsp3) is 0.357. The van der Waals surface area contributed by atoms with Crippen LogP contribution in [0, 0.1) is 27.7 Å². The van der Waals surface area contributed by atoms with Gasteiger partial charge in [0.1, 0.15) is 0 Å². The summed E-state index contributed by atoms with van der Waals surface area (Å²) in [5.74, 6) is 0. The molecular formula is C14H19N3. The number of nitrogens with one attached hydrogen (secondary N) is 2. The van der Waals surface area contributed by atoms with Crippen molar-refractivity contribution >= 4 is 5.69 Å². The maximum Gasteiger partial charge on any atom is 0.0825 e. The van der Waals surface area contributed by atoms with Crippen LogP contribution in [0.5, 0.6) is 0 Å². The Morgan fingerprint density at radius 2 is 1.71 bits per heavy atom. The van der Waals surface area contributed by atoms with Crippen molar-refractivity contribution in [1.29, 1.82) is 0 Å². The molecule has 0 saturated heterocycles. The molecule has 2 aromatic rings. The smallest absolute Gasteiger partial charge is 0.0825 e. The van der Waals surface area contributed by atoms with Gasteiger partial charge in [-0.05, 0) is 33.3 Å². The molecule has 1 aromatic heterocycles. The molecule has 0 unspecified atom stereocenters. The van der Waals surface area contributed by atoms with Gasteiger partial charge in [-0.3, -0.25) is 5.10 Å². The summed E-state index contributed by atoms with van der Waals surface area (Å²) >= 11 is 0. The largest absolute Gasteiger partial charge is 0.378 e.